The van der Waals surface area contributed by atoms with Crippen molar-refractivity contribution in [1.82, 2.24) is 15.5 Å². The summed E-state index contributed by atoms with van der Waals surface area (Å²) < 4.78 is 39.6. The van der Waals surface area contributed by atoms with Gasteiger partial charge in [0.2, 0.25) is 11.8 Å². The van der Waals surface area contributed by atoms with E-state index in [4.69, 9.17) is 0 Å². The third-order valence-electron chi connectivity index (χ3n) is 4.37. The Labute approximate surface area is 150 Å². The maximum absolute atomic E-state index is 13.2. The summed E-state index contributed by atoms with van der Waals surface area (Å²) in [4.78, 5) is 25.9. The molecular formula is C18H24F3N3O2. The van der Waals surface area contributed by atoms with Gasteiger partial charge >= 0.3 is 6.18 Å². The smallest absolute Gasteiger partial charge is 0.356 e. The average molecular weight is 371 g/mol. The lowest BCUT2D eigenvalue weighted by atomic mass is 10.0. The van der Waals surface area contributed by atoms with Crippen LogP contribution in [0.1, 0.15) is 37.3 Å². The summed E-state index contributed by atoms with van der Waals surface area (Å²) in [6.07, 6.45) is -2.75. The molecule has 1 aliphatic rings. The molecule has 2 rings (SSSR count). The van der Waals surface area contributed by atoms with Gasteiger partial charge in [-0.15, -0.1) is 0 Å². The predicted octanol–water partition coefficient (Wildman–Crippen LogP) is 2.31. The Morgan fingerprint density at radius 1 is 1.35 bits per heavy atom. The van der Waals surface area contributed by atoms with E-state index in [-0.39, 0.29) is 30.3 Å². The van der Waals surface area contributed by atoms with Crippen LogP contribution in [0.4, 0.5) is 13.2 Å². The van der Waals surface area contributed by atoms with Crippen LogP contribution in [0.3, 0.4) is 0 Å². The van der Waals surface area contributed by atoms with Gasteiger partial charge in [-0.3, -0.25) is 14.5 Å². The second kappa shape index (κ2) is 9.02. The monoisotopic (exact) mass is 371 g/mol. The number of amides is 2. The normalized spacial score (nSPS) is 18.5. The van der Waals surface area contributed by atoms with E-state index in [1.54, 1.807) is 11.0 Å². The fourth-order valence-corrected chi connectivity index (χ4v) is 2.98. The summed E-state index contributed by atoms with van der Waals surface area (Å²) in [5, 5.41) is 5.43. The predicted molar refractivity (Wildman–Crippen MR) is 91.2 cm³/mol. The molecule has 0 aliphatic carbocycles. The van der Waals surface area contributed by atoms with Gasteiger partial charge in [0.05, 0.1) is 18.0 Å². The highest BCUT2D eigenvalue weighted by molar-refractivity contribution is 5.88. The zero-order valence-corrected chi connectivity index (χ0v) is 14.7. The number of rotatable bonds is 7. The Morgan fingerprint density at radius 3 is 2.77 bits per heavy atom. The lowest BCUT2D eigenvalue weighted by Gasteiger charge is -2.35. The van der Waals surface area contributed by atoms with Crippen molar-refractivity contribution in [2.24, 2.45) is 0 Å². The molecule has 1 aromatic rings. The summed E-state index contributed by atoms with van der Waals surface area (Å²) in [7, 11) is 0. The Morgan fingerprint density at radius 2 is 2.08 bits per heavy atom. The second-order valence-corrected chi connectivity index (χ2v) is 6.34. The Hall–Kier alpha value is -2.09. The number of hydrogen-bond acceptors (Lipinski definition) is 3. The molecule has 0 bridgehead atoms. The number of alkyl halides is 3. The molecule has 2 N–H and O–H groups in total. The third-order valence-corrected chi connectivity index (χ3v) is 4.37. The van der Waals surface area contributed by atoms with Gasteiger partial charge in [-0.1, -0.05) is 31.5 Å². The van der Waals surface area contributed by atoms with Gasteiger partial charge in [-0.25, -0.2) is 0 Å². The van der Waals surface area contributed by atoms with Crippen LogP contribution in [-0.4, -0.2) is 42.4 Å². The van der Waals surface area contributed by atoms with Crippen molar-refractivity contribution >= 4 is 11.8 Å². The fraction of sp³-hybridized carbons (Fsp3) is 0.556. The number of halogens is 3. The van der Waals surface area contributed by atoms with Crippen molar-refractivity contribution < 1.29 is 22.8 Å². The van der Waals surface area contributed by atoms with Crippen LogP contribution in [0.5, 0.6) is 0 Å². The van der Waals surface area contributed by atoms with E-state index in [1.807, 2.05) is 6.92 Å². The second-order valence-electron chi connectivity index (χ2n) is 6.34. The molecular weight excluding hydrogens is 347 g/mol. The van der Waals surface area contributed by atoms with Gasteiger partial charge in [-0.2, -0.15) is 13.2 Å². The number of benzene rings is 1. The first-order chi connectivity index (χ1) is 12.3. The average Bonchev–Trinajstić information content (AvgIpc) is 2.58. The zero-order valence-electron chi connectivity index (χ0n) is 14.7. The van der Waals surface area contributed by atoms with Crippen LogP contribution in [0, 0.1) is 0 Å². The molecule has 1 atom stereocenters. The zero-order chi connectivity index (χ0) is 19.2. The molecule has 1 heterocycles. The summed E-state index contributed by atoms with van der Waals surface area (Å²) in [5.41, 5.74) is -0.608. The Balaban J connectivity index is 2.11. The summed E-state index contributed by atoms with van der Waals surface area (Å²) in [6.45, 7) is 3.24. The van der Waals surface area contributed by atoms with Crippen LogP contribution in [-0.2, 0) is 22.3 Å². The van der Waals surface area contributed by atoms with Crippen molar-refractivity contribution in [1.29, 1.82) is 0 Å². The molecule has 26 heavy (non-hydrogen) atoms. The minimum atomic E-state index is -4.46. The molecule has 2 amide bonds. The van der Waals surface area contributed by atoms with E-state index in [0.29, 0.717) is 19.6 Å². The number of unbranched alkanes of at least 4 members (excludes halogenated alkanes) is 1. The lowest BCUT2D eigenvalue weighted by Crippen LogP contribution is -2.56. The number of piperazine rings is 1. The molecule has 1 fully saturated rings. The summed E-state index contributed by atoms with van der Waals surface area (Å²) in [6, 6.07) is 4.56. The van der Waals surface area contributed by atoms with E-state index in [1.165, 1.54) is 12.1 Å². The van der Waals surface area contributed by atoms with Crippen molar-refractivity contribution in [3.05, 3.63) is 35.4 Å². The van der Waals surface area contributed by atoms with Crippen LogP contribution in [0.15, 0.2) is 24.3 Å². The Bertz CT molecular complexity index is 634. The van der Waals surface area contributed by atoms with E-state index in [0.717, 1.165) is 18.9 Å². The molecule has 8 heteroatoms. The molecule has 0 spiro atoms. The van der Waals surface area contributed by atoms with Gasteiger partial charge in [0.25, 0.3) is 0 Å². The summed E-state index contributed by atoms with van der Waals surface area (Å²) in [5.74, 6) is -0.596. The van der Waals surface area contributed by atoms with Crippen LogP contribution in [0.25, 0.3) is 0 Å². The minimum absolute atomic E-state index is 0.0317. The van der Waals surface area contributed by atoms with Gasteiger partial charge in [0.1, 0.15) is 0 Å². The standard InChI is InChI=1S/C18H24F3N3O2/c1-2-3-8-22-16(25)11-15-17(26)23-9-10-24(15)12-13-6-4-5-7-14(13)18(19,20)21/h4-7,15H,2-3,8-12H2,1H3,(H,22,25)(H,23,26). The molecule has 1 unspecified atom stereocenters. The lowest BCUT2D eigenvalue weighted by molar-refractivity contribution is -0.139. The van der Waals surface area contributed by atoms with Crippen molar-refractivity contribution in [2.45, 2.75) is 44.9 Å². The quantitative estimate of drug-likeness (QED) is 0.723. The van der Waals surface area contributed by atoms with Gasteiger partial charge in [0.15, 0.2) is 0 Å². The Kier molecular flexibility index (Phi) is 7.02. The fourth-order valence-electron chi connectivity index (χ4n) is 2.98. The van der Waals surface area contributed by atoms with Crippen LogP contribution in [0.2, 0.25) is 0 Å². The van der Waals surface area contributed by atoms with Crippen LogP contribution >= 0.6 is 0 Å². The van der Waals surface area contributed by atoms with Crippen molar-refractivity contribution in [2.75, 3.05) is 19.6 Å². The molecule has 1 aliphatic heterocycles. The number of nitrogens with zero attached hydrogens (tertiary/aromatic N) is 1. The van der Waals surface area contributed by atoms with Gasteiger partial charge in [0, 0.05) is 26.2 Å². The molecule has 144 valence electrons. The molecule has 0 aromatic heterocycles. The molecule has 1 aromatic carbocycles. The van der Waals surface area contributed by atoms with Crippen LogP contribution < -0.4 is 10.6 Å². The van der Waals surface area contributed by atoms with Gasteiger partial charge < -0.3 is 10.6 Å². The van der Waals surface area contributed by atoms with Gasteiger partial charge in [-0.05, 0) is 18.1 Å². The molecule has 1 saturated heterocycles. The number of nitrogens with one attached hydrogen (secondary N) is 2. The highest BCUT2D eigenvalue weighted by Crippen LogP contribution is 2.32. The minimum Gasteiger partial charge on any atom is -0.356 e. The third kappa shape index (κ3) is 5.45. The maximum Gasteiger partial charge on any atom is 0.416 e. The van der Waals surface area contributed by atoms with Crippen molar-refractivity contribution in [3.63, 3.8) is 0 Å². The first-order valence-corrected chi connectivity index (χ1v) is 8.76. The first kappa shape index (κ1) is 20.2. The topological polar surface area (TPSA) is 61.4 Å². The molecule has 5 nitrogen and oxygen atoms in total. The summed E-state index contributed by atoms with van der Waals surface area (Å²) >= 11 is 0. The van der Waals surface area contributed by atoms with E-state index in [9.17, 15) is 22.8 Å². The molecule has 0 radical (unpaired) electrons. The van der Waals surface area contributed by atoms with E-state index >= 15 is 0 Å². The van der Waals surface area contributed by atoms with Crippen molar-refractivity contribution in [3.8, 4) is 0 Å². The highest BCUT2D eigenvalue weighted by atomic mass is 19.4. The maximum atomic E-state index is 13.2. The SMILES string of the molecule is CCCCNC(=O)CC1C(=O)NCCN1Cc1ccccc1C(F)(F)F. The number of carbonyl (C=O) groups is 2. The number of hydrogen-bond donors (Lipinski definition) is 2. The number of carbonyl (C=O) groups excluding carboxylic acids is 2. The largest absolute Gasteiger partial charge is 0.416 e. The van der Waals surface area contributed by atoms with E-state index in [2.05, 4.69) is 10.6 Å². The van der Waals surface area contributed by atoms with E-state index < -0.39 is 17.8 Å². The molecule has 0 saturated carbocycles. The highest BCUT2D eigenvalue weighted by Gasteiger charge is 2.36. The first-order valence-electron chi connectivity index (χ1n) is 8.76.